The lowest BCUT2D eigenvalue weighted by Gasteiger charge is -2.04. The smallest absolute Gasteiger partial charge is 0.148 e. The third-order valence-electron chi connectivity index (χ3n) is 3.30. The number of unbranched alkanes of at least 4 members (excludes halogenated alkanes) is 1. The maximum Gasteiger partial charge on any atom is 0.148 e. The number of hydrogen-bond donors (Lipinski definition) is 1. The number of benzene rings is 1. The van der Waals surface area contributed by atoms with Crippen LogP contribution in [0.15, 0.2) is 30.3 Å². The highest BCUT2D eigenvalue weighted by molar-refractivity contribution is 5.37. The molecule has 2 aromatic rings. The maximum absolute atomic E-state index is 4.59. The first kappa shape index (κ1) is 13.7. The van der Waals surface area contributed by atoms with Crippen molar-refractivity contribution in [2.75, 3.05) is 5.32 Å². The van der Waals surface area contributed by atoms with Gasteiger partial charge in [-0.15, -0.1) is 0 Å². The van der Waals surface area contributed by atoms with E-state index in [2.05, 4.69) is 66.2 Å². The molecule has 0 radical (unpaired) electrons. The zero-order chi connectivity index (χ0) is 13.7. The average molecular weight is 257 g/mol. The Kier molecular flexibility index (Phi) is 4.61. The molecule has 1 N–H and O–H groups in total. The van der Waals surface area contributed by atoms with Gasteiger partial charge in [-0.2, -0.15) is 5.10 Å². The van der Waals surface area contributed by atoms with Gasteiger partial charge in [-0.3, -0.25) is 4.68 Å². The van der Waals surface area contributed by atoms with E-state index >= 15 is 0 Å². The highest BCUT2D eigenvalue weighted by Gasteiger charge is 2.03. The fraction of sp³-hybridized carbons (Fsp3) is 0.438. The van der Waals surface area contributed by atoms with Crippen molar-refractivity contribution in [1.29, 1.82) is 0 Å². The number of nitrogens with one attached hydrogen (secondary N) is 1. The van der Waals surface area contributed by atoms with E-state index in [4.69, 9.17) is 0 Å². The third kappa shape index (κ3) is 3.85. The maximum atomic E-state index is 4.59. The van der Waals surface area contributed by atoms with Gasteiger partial charge in [-0.1, -0.05) is 43.2 Å². The Balaban J connectivity index is 1.94. The summed E-state index contributed by atoms with van der Waals surface area (Å²) in [5.74, 6) is 0.967. The molecule has 102 valence electrons. The highest BCUT2D eigenvalue weighted by atomic mass is 15.3. The summed E-state index contributed by atoms with van der Waals surface area (Å²) in [5, 5.41) is 7.97. The summed E-state index contributed by atoms with van der Waals surface area (Å²) in [6.45, 7) is 8.25. The lowest BCUT2D eigenvalue weighted by molar-refractivity contribution is 0.560. The van der Waals surface area contributed by atoms with Crippen molar-refractivity contribution in [3.63, 3.8) is 0 Å². The molecule has 1 heterocycles. The van der Waals surface area contributed by atoms with Gasteiger partial charge in [-0.25, -0.2) is 0 Å². The van der Waals surface area contributed by atoms with Crippen LogP contribution in [-0.2, 0) is 13.1 Å². The summed E-state index contributed by atoms with van der Waals surface area (Å²) < 4.78 is 2.08. The summed E-state index contributed by atoms with van der Waals surface area (Å²) in [6, 6.07) is 10.7. The van der Waals surface area contributed by atoms with Gasteiger partial charge >= 0.3 is 0 Å². The second kappa shape index (κ2) is 6.41. The van der Waals surface area contributed by atoms with Gasteiger partial charge in [0, 0.05) is 24.8 Å². The van der Waals surface area contributed by atoms with E-state index in [-0.39, 0.29) is 0 Å². The molecule has 0 spiro atoms. The molecule has 0 amide bonds. The number of aromatic nitrogens is 2. The molecule has 2 rings (SSSR count). The molecule has 19 heavy (non-hydrogen) atoms. The van der Waals surface area contributed by atoms with Crippen molar-refractivity contribution >= 4 is 5.82 Å². The van der Waals surface area contributed by atoms with Gasteiger partial charge in [0.1, 0.15) is 5.82 Å². The molecule has 0 bridgehead atoms. The Morgan fingerprint density at radius 1 is 1.16 bits per heavy atom. The lowest BCUT2D eigenvalue weighted by atomic mass is 10.1. The topological polar surface area (TPSA) is 29.9 Å². The lowest BCUT2D eigenvalue weighted by Crippen LogP contribution is -2.04. The molecule has 3 nitrogen and oxygen atoms in total. The Bertz CT molecular complexity index is 511. The summed E-state index contributed by atoms with van der Waals surface area (Å²) in [7, 11) is 0. The molecular weight excluding hydrogens is 234 g/mol. The van der Waals surface area contributed by atoms with E-state index in [1.165, 1.54) is 29.7 Å². The Morgan fingerprint density at radius 3 is 2.58 bits per heavy atom. The van der Waals surface area contributed by atoms with Crippen LogP contribution in [0, 0.1) is 13.8 Å². The largest absolute Gasteiger partial charge is 0.365 e. The van der Waals surface area contributed by atoms with Crippen LogP contribution in [0.4, 0.5) is 5.82 Å². The second-order valence-electron chi connectivity index (χ2n) is 5.09. The Hall–Kier alpha value is -1.77. The van der Waals surface area contributed by atoms with E-state index in [0.717, 1.165) is 18.9 Å². The van der Waals surface area contributed by atoms with E-state index in [1.807, 2.05) is 0 Å². The number of rotatable bonds is 6. The van der Waals surface area contributed by atoms with Crippen LogP contribution in [0.1, 0.15) is 36.6 Å². The second-order valence-corrected chi connectivity index (χ2v) is 5.09. The van der Waals surface area contributed by atoms with Crippen molar-refractivity contribution in [3.8, 4) is 0 Å². The van der Waals surface area contributed by atoms with E-state index in [0.29, 0.717) is 0 Å². The van der Waals surface area contributed by atoms with Crippen molar-refractivity contribution < 1.29 is 0 Å². The minimum atomic E-state index is 0.824. The van der Waals surface area contributed by atoms with Gasteiger partial charge in [0.05, 0.1) is 0 Å². The van der Waals surface area contributed by atoms with E-state index < -0.39 is 0 Å². The van der Waals surface area contributed by atoms with Gasteiger partial charge in [0.15, 0.2) is 0 Å². The van der Waals surface area contributed by atoms with Crippen LogP contribution in [0.3, 0.4) is 0 Å². The van der Waals surface area contributed by atoms with Crippen LogP contribution in [0.25, 0.3) is 0 Å². The molecule has 0 aliphatic carbocycles. The molecule has 0 saturated heterocycles. The SMILES string of the molecule is CCCCn1nc(NCc2ccc(C)cc2)cc1C. The van der Waals surface area contributed by atoms with Gasteiger partial charge in [0.25, 0.3) is 0 Å². The highest BCUT2D eigenvalue weighted by Crippen LogP contribution is 2.11. The normalized spacial score (nSPS) is 10.7. The zero-order valence-corrected chi connectivity index (χ0v) is 12.1. The van der Waals surface area contributed by atoms with Gasteiger partial charge in [0.2, 0.25) is 0 Å². The summed E-state index contributed by atoms with van der Waals surface area (Å²) in [6.07, 6.45) is 2.38. The van der Waals surface area contributed by atoms with Crippen molar-refractivity contribution in [2.45, 2.75) is 46.7 Å². The van der Waals surface area contributed by atoms with Crippen LogP contribution in [0.2, 0.25) is 0 Å². The molecule has 1 aromatic carbocycles. The monoisotopic (exact) mass is 257 g/mol. The van der Waals surface area contributed by atoms with Gasteiger partial charge in [-0.05, 0) is 25.8 Å². The first-order valence-electron chi connectivity index (χ1n) is 7.03. The minimum absolute atomic E-state index is 0.824. The number of aryl methyl sites for hydroxylation is 3. The molecule has 0 aliphatic rings. The van der Waals surface area contributed by atoms with Crippen LogP contribution in [0.5, 0.6) is 0 Å². The molecule has 1 aromatic heterocycles. The number of anilines is 1. The molecule has 0 saturated carbocycles. The minimum Gasteiger partial charge on any atom is -0.365 e. The average Bonchev–Trinajstić information content (AvgIpc) is 2.76. The van der Waals surface area contributed by atoms with Gasteiger partial charge < -0.3 is 5.32 Å². The van der Waals surface area contributed by atoms with Crippen molar-refractivity contribution in [1.82, 2.24) is 9.78 Å². The predicted molar refractivity (Wildman–Crippen MR) is 80.4 cm³/mol. The van der Waals surface area contributed by atoms with E-state index in [1.54, 1.807) is 0 Å². The summed E-state index contributed by atoms with van der Waals surface area (Å²) in [4.78, 5) is 0. The molecule has 3 heteroatoms. The number of nitrogens with zero attached hydrogens (tertiary/aromatic N) is 2. The van der Waals surface area contributed by atoms with Crippen molar-refractivity contribution in [2.24, 2.45) is 0 Å². The molecule has 0 unspecified atom stereocenters. The molecule has 0 atom stereocenters. The molecule has 0 fully saturated rings. The van der Waals surface area contributed by atoms with Crippen LogP contribution < -0.4 is 5.32 Å². The van der Waals surface area contributed by atoms with E-state index in [9.17, 15) is 0 Å². The van der Waals surface area contributed by atoms with Crippen LogP contribution >= 0.6 is 0 Å². The third-order valence-corrected chi connectivity index (χ3v) is 3.30. The van der Waals surface area contributed by atoms with Crippen LogP contribution in [-0.4, -0.2) is 9.78 Å². The first-order valence-corrected chi connectivity index (χ1v) is 7.03. The zero-order valence-electron chi connectivity index (χ0n) is 12.1. The molecular formula is C16H23N3. The number of hydrogen-bond acceptors (Lipinski definition) is 2. The standard InChI is InChI=1S/C16H23N3/c1-4-5-10-19-14(3)11-16(18-19)17-12-15-8-6-13(2)7-9-15/h6-9,11H,4-5,10,12H2,1-3H3,(H,17,18). The Labute approximate surface area is 115 Å². The first-order chi connectivity index (χ1) is 9.19. The summed E-state index contributed by atoms with van der Waals surface area (Å²) in [5.41, 5.74) is 3.80. The molecule has 0 aliphatic heterocycles. The Morgan fingerprint density at radius 2 is 1.89 bits per heavy atom. The predicted octanol–water partition coefficient (Wildman–Crippen LogP) is 3.91. The van der Waals surface area contributed by atoms with Crippen molar-refractivity contribution in [3.05, 3.63) is 47.2 Å². The fourth-order valence-corrected chi connectivity index (χ4v) is 2.03. The fourth-order valence-electron chi connectivity index (χ4n) is 2.03. The summed E-state index contributed by atoms with van der Waals surface area (Å²) >= 11 is 0. The quantitative estimate of drug-likeness (QED) is 0.850.